The van der Waals surface area contributed by atoms with Crippen LogP contribution in [0.3, 0.4) is 0 Å². The molecular formula is C19H28N4O3. The van der Waals surface area contributed by atoms with Crippen molar-refractivity contribution >= 4 is 23.5 Å². The Bertz CT molecular complexity index is 641. The highest BCUT2D eigenvalue weighted by Crippen LogP contribution is 2.27. The Morgan fingerprint density at radius 2 is 1.85 bits per heavy atom. The van der Waals surface area contributed by atoms with Crippen LogP contribution in [0.15, 0.2) is 24.3 Å². The molecule has 0 aliphatic heterocycles. The topological polar surface area (TPSA) is 119 Å². The zero-order chi connectivity index (χ0) is 18.9. The number of hydrogen-bond donors (Lipinski definition) is 3. The van der Waals surface area contributed by atoms with Gasteiger partial charge in [0.15, 0.2) is 0 Å². The number of anilines is 1. The number of urea groups is 1. The molecule has 0 bridgehead atoms. The van der Waals surface area contributed by atoms with Crippen molar-refractivity contribution in [3.05, 3.63) is 29.8 Å². The molecule has 1 saturated carbocycles. The lowest BCUT2D eigenvalue weighted by atomic mass is 9.86. The molecule has 0 heterocycles. The molecule has 0 saturated heterocycles. The molecule has 0 radical (unpaired) electrons. The molecule has 2 rings (SSSR count). The first-order valence-corrected chi connectivity index (χ1v) is 9.21. The molecular weight excluding hydrogens is 332 g/mol. The Morgan fingerprint density at radius 1 is 1.12 bits per heavy atom. The third-order valence-electron chi connectivity index (χ3n) is 4.87. The van der Waals surface area contributed by atoms with Gasteiger partial charge in [-0.3, -0.25) is 14.5 Å². The van der Waals surface area contributed by atoms with Gasteiger partial charge in [0, 0.05) is 30.8 Å². The number of amides is 4. The SMILES string of the molecule is NC(=O)c1cccc(NCCN(C(N)=O)C(=O)CCC2CCCCC2)c1. The number of nitrogens with one attached hydrogen (secondary N) is 1. The van der Waals surface area contributed by atoms with E-state index in [9.17, 15) is 14.4 Å². The van der Waals surface area contributed by atoms with E-state index in [4.69, 9.17) is 11.5 Å². The van der Waals surface area contributed by atoms with Crippen LogP contribution in [-0.2, 0) is 4.79 Å². The highest BCUT2D eigenvalue weighted by atomic mass is 16.2. The summed E-state index contributed by atoms with van der Waals surface area (Å²) in [6.45, 7) is 0.528. The molecule has 0 atom stereocenters. The maximum atomic E-state index is 12.3. The predicted molar refractivity (Wildman–Crippen MR) is 101 cm³/mol. The quantitative estimate of drug-likeness (QED) is 0.660. The van der Waals surface area contributed by atoms with Crippen LogP contribution in [0, 0.1) is 5.92 Å². The van der Waals surface area contributed by atoms with Crippen LogP contribution >= 0.6 is 0 Å². The molecule has 1 aliphatic rings. The zero-order valence-electron chi connectivity index (χ0n) is 15.1. The number of rotatable bonds is 8. The number of carbonyl (C=O) groups excluding carboxylic acids is 3. The van der Waals surface area contributed by atoms with Gasteiger partial charge in [0.05, 0.1) is 0 Å². The Kier molecular flexibility index (Phi) is 7.44. The van der Waals surface area contributed by atoms with Gasteiger partial charge in [-0.15, -0.1) is 0 Å². The smallest absolute Gasteiger partial charge is 0.321 e. The van der Waals surface area contributed by atoms with Crippen molar-refractivity contribution in [2.45, 2.75) is 44.9 Å². The van der Waals surface area contributed by atoms with Crippen LogP contribution in [0.5, 0.6) is 0 Å². The van der Waals surface area contributed by atoms with E-state index in [-0.39, 0.29) is 12.5 Å². The summed E-state index contributed by atoms with van der Waals surface area (Å²) in [7, 11) is 0. The second-order valence-electron chi connectivity index (χ2n) is 6.80. The minimum atomic E-state index is -0.730. The third kappa shape index (κ3) is 6.06. The Morgan fingerprint density at radius 3 is 2.50 bits per heavy atom. The predicted octanol–water partition coefficient (Wildman–Crippen LogP) is 2.47. The lowest BCUT2D eigenvalue weighted by molar-refractivity contribution is -0.128. The first kappa shape index (κ1) is 19.8. The van der Waals surface area contributed by atoms with Crippen LogP contribution in [0.2, 0.25) is 0 Å². The lowest BCUT2D eigenvalue weighted by Gasteiger charge is -2.23. The number of carbonyl (C=O) groups is 3. The van der Waals surface area contributed by atoms with Crippen molar-refractivity contribution in [2.75, 3.05) is 18.4 Å². The molecule has 5 N–H and O–H groups in total. The number of primary amides is 2. The molecule has 4 amide bonds. The second-order valence-corrected chi connectivity index (χ2v) is 6.80. The van der Waals surface area contributed by atoms with Crippen LogP contribution in [-0.4, -0.2) is 35.8 Å². The van der Waals surface area contributed by atoms with Gasteiger partial charge in [0.2, 0.25) is 11.8 Å². The van der Waals surface area contributed by atoms with E-state index in [1.54, 1.807) is 24.3 Å². The molecule has 26 heavy (non-hydrogen) atoms. The number of benzene rings is 1. The summed E-state index contributed by atoms with van der Waals surface area (Å²) in [5, 5.41) is 3.08. The summed E-state index contributed by atoms with van der Waals surface area (Å²) >= 11 is 0. The largest absolute Gasteiger partial charge is 0.383 e. The first-order chi connectivity index (χ1) is 12.5. The van der Waals surface area contributed by atoms with Crippen molar-refractivity contribution in [3.8, 4) is 0 Å². The molecule has 0 unspecified atom stereocenters. The van der Waals surface area contributed by atoms with E-state index in [2.05, 4.69) is 5.32 Å². The molecule has 1 fully saturated rings. The maximum Gasteiger partial charge on any atom is 0.321 e. The monoisotopic (exact) mass is 360 g/mol. The van der Waals surface area contributed by atoms with E-state index >= 15 is 0 Å². The molecule has 1 aromatic carbocycles. The average molecular weight is 360 g/mol. The van der Waals surface area contributed by atoms with E-state index in [0.29, 0.717) is 30.1 Å². The molecule has 1 aromatic rings. The summed E-state index contributed by atoms with van der Waals surface area (Å²) in [6.07, 6.45) is 7.24. The molecule has 142 valence electrons. The van der Waals surface area contributed by atoms with Crippen molar-refractivity contribution < 1.29 is 14.4 Å². The van der Waals surface area contributed by atoms with E-state index < -0.39 is 11.9 Å². The number of nitrogens with zero attached hydrogens (tertiary/aromatic N) is 1. The second kappa shape index (κ2) is 9.79. The summed E-state index contributed by atoms with van der Waals surface area (Å²) < 4.78 is 0. The standard InChI is InChI=1S/C19H28N4O3/c20-18(25)15-7-4-8-16(13-15)22-11-12-23(19(21)26)17(24)10-9-14-5-2-1-3-6-14/h4,7-8,13-14,22H,1-3,5-6,9-12H2,(H2,20,25)(H2,21,26). The number of nitrogens with two attached hydrogens (primary N) is 2. The average Bonchev–Trinajstić information content (AvgIpc) is 2.64. The van der Waals surface area contributed by atoms with Gasteiger partial charge in [0.25, 0.3) is 0 Å². The number of hydrogen-bond acceptors (Lipinski definition) is 4. The number of imide groups is 1. The summed E-state index contributed by atoms with van der Waals surface area (Å²) in [5.74, 6) is -0.154. The zero-order valence-corrected chi connectivity index (χ0v) is 15.1. The van der Waals surface area contributed by atoms with Gasteiger partial charge in [-0.05, 0) is 30.5 Å². The highest BCUT2D eigenvalue weighted by Gasteiger charge is 2.21. The molecule has 7 heteroatoms. The Hall–Kier alpha value is -2.57. The van der Waals surface area contributed by atoms with Crippen molar-refractivity contribution in [2.24, 2.45) is 17.4 Å². The van der Waals surface area contributed by atoms with Gasteiger partial charge in [-0.2, -0.15) is 0 Å². The summed E-state index contributed by atoms with van der Waals surface area (Å²) in [6, 6.07) is 6.02. The fraction of sp³-hybridized carbons (Fsp3) is 0.526. The molecule has 0 aromatic heterocycles. The molecule has 0 spiro atoms. The Balaban J connectivity index is 1.81. The first-order valence-electron chi connectivity index (χ1n) is 9.21. The molecule has 1 aliphatic carbocycles. The third-order valence-corrected chi connectivity index (χ3v) is 4.87. The maximum absolute atomic E-state index is 12.3. The van der Waals surface area contributed by atoms with Gasteiger partial charge < -0.3 is 16.8 Å². The van der Waals surface area contributed by atoms with E-state index in [1.165, 1.54) is 32.1 Å². The fourth-order valence-electron chi connectivity index (χ4n) is 3.39. The van der Waals surface area contributed by atoms with Crippen molar-refractivity contribution in [1.29, 1.82) is 0 Å². The van der Waals surface area contributed by atoms with Gasteiger partial charge >= 0.3 is 6.03 Å². The van der Waals surface area contributed by atoms with Crippen molar-refractivity contribution in [3.63, 3.8) is 0 Å². The van der Waals surface area contributed by atoms with Crippen LogP contribution in [0.25, 0.3) is 0 Å². The normalized spacial score (nSPS) is 14.6. The summed E-state index contributed by atoms with van der Waals surface area (Å²) in [4.78, 5) is 36.3. The van der Waals surface area contributed by atoms with Gasteiger partial charge in [0.1, 0.15) is 0 Å². The Labute approximate surface area is 154 Å². The highest BCUT2D eigenvalue weighted by molar-refractivity contribution is 5.94. The molecule has 7 nitrogen and oxygen atoms in total. The van der Waals surface area contributed by atoms with Crippen molar-refractivity contribution in [1.82, 2.24) is 4.90 Å². The van der Waals surface area contributed by atoms with Gasteiger partial charge in [-0.25, -0.2) is 4.79 Å². The minimum absolute atomic E-state index is 0.180. The minimum Gasteiger partial charge on any atom is -0.383 e. The van der Waals surface area contributed by atoms with E-state index in [1.807, 2.05) is 0 Å². The van der Waals surface area contributed by atoms with Crippen LogP contribution in [0.1, 0.15) is 55.3 Å². The van der Waals surface area contributed by atoms with Crippen LogP contribution in [0.4, 0.5) is 10.5 Å². The summed E-state index contributed by atoms with van der Waals surface area (Å²) in [5.41, 5.74) is 11.7. The lowest BCUT2D eigenvalue weighted by Crippen LogP contribution is -2.43. The van der Waals surface area contributed by atoms with E-state index in [0.717, 1.165) is 11.3 Å². The van der Waals surface area contributed by atoms with Crippen LogP contribution < -0.4 is 16.8 Å². The van der Waals surface area contributed by atoms with Gasteiger partial charge in [-0.1, -0.05) is 38.2 Å². The fourth-order valence-corrected chi connectivity index (χ4v) is 3.39.